The third kappa shape index (κ3) is 3.21. The lowest BCUT2D eigenvalue weighted by molar-refractivity contribution is -0.150. The second-order valence-corrected chi connectivity index (χ2v) is 3.15. The molecule has 2 heteroatoms. The normalized spacial score (nSPS) is 12.0. The zero-order chi connectivity index (χ0) is 8.91. The molecule has 0 heterocycles. The first-order valence-corrected chi connectivity index (χ1v) is 3.74. The molecule has 0 radical (unpaired) electrons. The van der Waals surface area contributed by atoms with Gasteiger partial charge in [-0.2, -0.15) is 0 Å². The number of ether oxygens (including phenoxy) is 1. The molecular formula is C9H16O2. The van der Waals surface area contributed by atoms with Crippen LogP contribution in [0.2, 0.25) is 0 Å². The highest BCUT2D eigenvalue weighted by molar-refractivity contribution is 5.75. The summed E-state index contributed by atoms with van der Waals surface area (Å²) < 4.78 is 4.64. The summed E-state index contributed by atoms with van der Waals surface area (Å²) in [5.41, 5.74) is -0.388. The molecule has 0 rings (SSSR count). The zero-order valence-electron chi connectivity index (χ0n) is 7.68. The van der Waals surface area contributed by atoms with E-state index in [-0.39, 0.29) is 11.4 Å². The Hall–Kier alpha value is -0.790. The van der Waals surface area contributed by atoms with Crippen molar-refractivity contribution in [3.8, 4) is 0 Å². The number of carbonyl (C=O) groups excluding carboxylic acids is 1. The van der Waals surface area contributed by atoms with Gasteiger partial charge in [0.15, 0.2) is 0 Å². The molecule has 0 amide bonds. The van der Waals surface area contributed by atoms with Gasteiger partial charge in [0.2, 0.25) is 0 Å². The van der Waals surface area contributed by atoms with E-state index in [9.17, 15) is 4.79 Å². The summed E-state index contributed by atoms with van der Waals surface area (Å²) >= 11 is 0. The molecule has 0 fully saturated rings. The molecule has 0 aliphatic rings. The Labute approximate surface area is 68.2 Å². The fourth-order valence-electron chi connectivity index (χ4n) is 0.772. The lowest BCUT2D eigenvalue weighted by Gasteiger charge is -2.18. The van der Waals surface area contributed by atoms with Crippen LogP contribution in [0.4, 0.5) is 0 Å². The van der Waals surface area contributed by atoms with E-state index in [1.807, 2.05) is 32.9 Å². The van der Waals surface area contributed by atoms with Crippen LogP contribution < -0.4 is 0 Å². The maximum Gasteiger partial charge on any atom is 0.311 e. The highest BCUT2D eigenvalue weighted by Gasteiger charge is 2.26. The number of methoxy groups -OCH3 is 1. The molecule has 0 aromatic heterocycles. The smallest absolute Gasteiger partial charge is 0.311 e. The van der Waals surface area contributed by atoms with Gasteiger partial charge in [-0.1, -0.05) is 12.2 Å². The van der Waals surface area contributed by atoms with Crippen molar-refractivity contribution in [1.29, 1.82) is 0 Å². The Balaban J connectivity index is 4.09. The standard InChI is InChI=1S/C9H16O2/c1-5-6-7-9(2,3)8(10)11-4/h5-6H,7H2,1-4H3. The van der Waals surface area contributed by atoms with Crippen LogP contribution in [0.1, 0.15) is 27.2 Å². The van der Waals surface area contributed by atoms with E-state index in [0.717, 1.165) is 6.42 Å². The van der Waals surface area contributed by atoms with Gasteiger partial charge >= 0.3 is 5.97 Å². The van der Waals surface area contributed by atoms with Crippen molar-refractivity contribution in [3.05, 3.63) is 12.2 Å². The second kappa shape index (κ2) is 4.16. The predicted molar refractivity (Wildman–Crippen MR) is 45.2 cm³/mol. The number of carbonyl (C=O) groups is 1. The number of esters is 1. The van der Waals surface area contributed by atoms with Gasteiger partial charge in [0, 0.05) is 0 Å². The third-order valence-electron chi connectivity index (χ3n) is 1.60. The largest absolute Gasteiger partial charge is 0.469 e. The number of hydrogen-bond acceptors (Lipinski definition) is 2. The maximum atomic E-state index is 11.1. The fourth-order valence-corrected chi connectivity index (χ4v) is 0.772. The van der Waals surface area contributed by atoms with Gasteiger partial charge in [-0.05, 0) is 27.2 Å². The zero-order valence-corrected chi connectivity index (χ0v) is 7.68. The maximum absolute atomic E-state index is 11.1. The molecule has 0 aromatic carbocycles. The van der Waals surface area contributed by atoms with Gasteiger partial charge in [-0.25, -0.2) is 0 Å². The van der Waals surface area contributed by atoms with Gasteiger partial charge in [0.25, 0.3) is 0 Å². The molecule has 0 aliphatic heterocycles. The van der Waals surface area contributed by atoms with Crippen LogP contribution in [0.25, 0.3) is 0 Å². The van der Waals surface area contributed by atoms with Crippen LogP contribution in [-0.2, 0) is 9.53 Å². The fraction of sp³-hybridized carbons (Fsp3) is 0.667. The molecule has 0 bridgehead atoms. The summed E-state index contributed by atoms with van der Waals surface area (Å²) in [5.74, 6) is -0.157. The minimum Gasteiger partial charge on any atom is -0.469 e. The minimum absolute atomic E-state index is 0.157. The summed E-state index contributed by atoms with van der Waals surface area (Å²) in [7, 11) is 1.42. The summed E-state index contributed by atoms with van der Waals surface area (Å²) in [4.78, 5) is 11.1. The first kappa shape index (κ1) is 10.2. The molecular weight excluding hydrogens is 140 g/mol. The summed E-state index contributed by atoms with van der Waals surface area (Å²) in [6.07, 6.45) is 4.64. The number of rotatable bonds is 3. The Kier molecular flexibility index (Phi) is 3.86. The second-order valence-electron chi connectivity index (χ2n) is 3.15. The molecule has 0 N–H and O–H groups in total. The van der Waals surface area contributed by atoms with Crippen molar-refractivity contribution in [2.75, 3.05) is 7.11 Å². The van der Waals surface area contributed by atoms with Crippen LogP contribution in [0, 0.1) is 5.41 Å². The van der Waals surface area contributed by atoms with E-state index in [4.69, 9.17) is 0 Å². The van der Waals surface area contributed by atoms with E-state index in [2.05, 4.69) is 4.74 Å². The molecule has 64 valence electrons. The van der Waals surface area contributed by atoms with Gasteiger partial charge < -0.3 is 4.74 Å². The molecule has 0 aromatic rings. The van der Waals surface area contributed by atoms with Crippen LogP contribution in [0.3, 0.4) is 0 Å². The van der Waals surface area contributed by atoms with Crippen molar-refractivity contribution in [3.63, 3.8) is 0 Å². The first-order chi connectivity index (χ1) is 5.04. The van der Waals surface area contributed by atoms with Crippen LogP contribution in [-0.4, -0.2) is 13.1 Å². The lowest BCUT2D eigenvalue weighted by Crippen LogP contribution is -2.24. The lowest BCUT2D eigenvalue weighted by atomic mass is 9.89. The van der Waals surface area contributed by atoms with E-state index in [1.165, 1.54) is 7.11 Å². The molecule has 0 aliphatic carbocycles. The van der Waals surface area contributed by atoms with Crippen molar-refractivity contribution in [1.82, 2.24) is 0 Å². The number of allylic oxidation sites excluding steroid dienone is 2. The van der Waals surface area contributed by atoms with Crippen LogP contribution in [0.15, 0.2) is 12.2 Å². The monoisotopic (exact) mass is 156 g/mol. The van der Waals surface area contributed by atoms with Crippen molar-refractivity contribution >= 4 is 5.97 Å². The number of hydrogen-bond donors (Lipinski definition) is 0. The van der Waals surface area contributed by atoms with E-state index < -0.39 is 0 Å². The highest BCUT2D eigenvalue weighted by atomic mass is 16.5. The molecule has 0 saturated heterocycles. The van der Waals surface area contributed by atoms with E-state index >= 15 is 0 Å². The molecule has 0 unspecified atom stereocenters. The predicted octanol–water partition coefficient (Wildman–Crippen LogP) is 2.15. The van der Waals surface area contributed by atoms with E-state index in [0.29, 0.717) is 0 Å². The van der Waals surface area contributed by atoms with Gasteiger partial charge in [-0.3, -0.25) is 4.79 Å². The first-order valence-electron chi connectivity index (χ1n) is 3.74. The average Bonchev–Trinajstić information content (AvgIpc) is 1.99. The van der Waals surface area contributed by atoms with Crippen molar-refractivity contribution in [2.24, 2.45) is 5.41 Å². The van der Waals surface area contributed by atoms with Crippen molar-refractivity contribution < 1.29 is 9.53 Å². The molecule has 0 atom stereocenters. The summed E-state index contributed by atoms with van der Waals surface area (Å²) in [6.45, 7) is 5.69. The van der Waals surface area contributed by atoms with Crippen LogP contribution >= 0.6 is 0 Å². The highest BCUT2D eigenvalue weighted by Crippen LogP contribution is 2.22. The summed E-state index contributed by atoms with van der Waals surface area (Å²) in [6, 6.07) is 0. The van der Waals surface area contributed by atoms with Gasteiger partial charge in [0.05, 0.1) is 12.5 Å². The van der Waals surface area contributed by atoms with Crippen LogP contribution in [0.5, 0.6) is 0 Å². The quantitative estimate of drug-likeness (QED) is 0.462. The average molecular weight is 156 g/mol. The Bertz CT molecular complexity index is 157. The Morgan fingerprint density at radius 3 is 2.45 bits per heavy atom. The Morgan fingerprint density at radius 1 is 1.55 bits per heavy atom. The topological polar surface area (TPSA) is 26.3 Å². The molecule has 2 nitrogen and oxygen atoms in total. The van der Waals surface area contributed by atoms with Gasteiger partial charge in [-0.15, -0.1) is 0 Å². The third-order valence-corrected chi connectivity index (χ3v) is 1.60. The van der Waals surface area contributed by atoms with E-state index in [1.54, 1.807) is 0 Å². The SMILES string of the molecule is CC=CCC(C)(C)C(=O)OC. The molecule has 0 spiro atoms. The molecule has 0 saturated carbocycles. The minimum atomic E-state index is -0.388. The molecule has 11 heavy (non-hydrogen) atoms. The summed E-state index contributed by atoms with van der Waals surface area (Å²) in [5, 5.41) is 0. The van der Waals surface area contributed by atoms with Gasteiger partial charge in [0.1, 0.15) is 0 Å². The van der Waals surface area contributed by atoms with Crippen molar-refractivity contribution in [2.45, 2.75) is 27.2 Å². The Morgan fingerprint density at radius 2 is 2.09 bits per heavy atom.